The number of nitrogens with zero attached hydrogens (tertiary/aromatic N) is 2. The van der Waals surface area contributed by atoms with Crippen molar-refractivity contribution in [1.29, 1.82) is 0 Å². The van der Waals surface area contributed by atoms with Gasteiger partial charge in [0, 0.05) is 27.5 Å². The normalized spacial score (nSPS) is 12.0. The molecule has 0 aliphatic heterocycles. The summed E-state index contributed by atoms with van der Waals surface area (Å²) < 4.78 is 15.5. The highest BCUT2D eigenvalue weighted by molar-refractivity contribution is 6.25. The van der Waals surface area contributed by atoms with Crippen molar-refractivity contribution in [2.75, 3.05) is 0 Å². The topological polar surface area (TPSA) is 38.9 Å². The molecule has 0 N–H and O–H groups in total. The predicted molar refractivity (Wildman–Crippen MR) is 204 cm³/mol. The Morgan fingerprint density at radius 2 is 0.959 bits per heavy atom. The van der Waals surface area contributed by atoms with Crippen LogP contribution in [0.15, 0.2) is 174 Å². The lowest BCUT2D eigenvalue weighted by molar-refractivity contribution is 0.669. The highest BCUT2D eigenvalue weighted by Crippen LogP contribution is 2.41. The van der Waals surface area contributed by atoms with E-state index in [1.807, 2.05) is 66.7 Å². The highest BCUT2D eigenvalue weighted by atomic mass is 16.3. The second-order valence-corrected chi connectivity index (χ2v) is 12.5. The van der Waals surface area contributed by atoms with Crippen LogP contribution in [-0.4, -0.2) is 9.97 Å². The molecule has 0 bridgehead atoms. The molecule has 3 heteroatoms. The number of hydrogen-bond acceptors (Lipinski definition) is 3. The molecular weight excluding hydrogens is 597 g/mol. The lowest BCUT2D eigenvalue weighted by Gasteiger charge is -2.12. The third-order valence-corrected chi connectivity index (χ3v) is 9.59. The fourth-order valence-electron chi connectivity index (χ4n) is 7.28. The molecule has 3 nitrogen and oxygen atoms in total. The van der Waals surface area contributed by atoms with Crippen molar-refractivity contribution in [3.8, 4) is 45.0 Å². The van der Waals surface area contributed by atoms with E-state index >= 15 is 0 Å². The third kappa shape index (κ3) is 4.51. The van der Waals surface area contributed by atoms with Crippen molar-refractivity contribution in [3.05, 3.63) is 170 Å². The maximum Gasteiger partial charge on any atom is 0.160 e. The Morgan fingerprint density at radius 3 is 1.67 bits per heavy atom. The molecule has 0 atom stereocenters. The maximum atomic E-state index is 9.14. The van der Waals surface area contributed by atoms with E-state index in [9.17, 15) is 0 Å². The van der Waals surface area contributed by atoms with Gasteiger partial charge in [0.1, 0.15) is 11.2 Å². The summed E-state index contributed by atoms with van der Waals surface area (Å²) in [6.45, 7) is 0. The van der Waals surface area contributed by atoms with Gasteiger partial charge in [-0.05, 0) is 73.8 Å². The van der Waals surface area contributed by atoms with Crippen molar-refractivity contribution in [1.82, 2.24) is 9.97 Å². The van der Waals surface area contributed by atoms with Crippen molar-refractivity contribution in [2.24, 2.45) is 0 Å². The van der Waals surface area contributed by atoms with Crippen molar-refractivity contribution >= 4 is 54.3 Å². The Morgan fingerprint density at radius 1 is 0.388 bits per heavy atom. The van der Waals surface area contributed by atoms with E-state index in [1.54, 1.807) is 0 Å². The molecule has 0 saturated carbocycles. The molecule has 2 heterocycles. The fourth-order valence-corrected chi connectivity index (χ4v) is 7.28. The van der Waals surface area contributed by atoms with E-state index in [0.29, 0.717) is 17.4 Å². The van der Waals surface area contributed by atoms with Crippen LogP contribution in [0.5, 0.6) is 0 Å². The van der Waals surface area contributed by atoms with Crippen molar-refractivity contribution < 1.29 is 5.79 Å². The van der Waals surface area contributed by atoms with Crippen molar-refractivity contribution in [2.45, 2.75) is 0 Å². The summed E-state index contributed by atoms with van der Waals surface area (Å²) in [5.74, 6) is 0.657. The number of furan rings is 1. The Balaban J connectivity index is 1.21. The minimum atomic E-state index is 0.348. The molecule has 10 aromatic rings. The van der Waals surface area contributed by atoms with Crippen molar-refractivity contribution in [3.63, 3.8) is 0 Å². The summed E-state index contributed by atoms with van der Waals surface area (Å²) in [5.41, 5.74) is 7.86. The number of aromatic nitrogens is 2. The fraction of sp³-hybridized carbons (Fsp3) is 0. The first-order valence-electron chi connectivity index (χ1n) is 17.0. The number of hydrogen-bond donors (Lipinski definition) is 0. The Bertz CT molecular complexity index is 2840. The summed E-state index contributed by atoms with van der Waals surface area (Å²) in [7, 11) is 0. The molecule has 0 aliphatic carbocycles. The van der Waals surface area contributed by atoms with E-state index < -0.39 is 0 Å². The molecule has 228 valence electrons. The maximum absolute atomic E-state index is 9.14. The van der Waals surface area contributed by atoms with Gasteiger partial charge in [-0.1, -0.05) is 140 Å². The van der Waals surface area contributed by atoms with Crippen LogP contribution in [0.3, 0.4) is 0 Å². The summed E-state index contributed by atoms with van der Waals surface area (Å²) in [6.07, 6.45) is 0. The zero-order valence-corrected chi connectivity index (χ0v) is 26.4. The standard InChI is InChI=1S/C46H28N2O/c1-3-12-29(13-4-1)41-28-42(48-46(47-41)30-14-5-2-6-15-30)38-20-11-21-44-45(38)40-27-32(23-25-43(40)49-44)31-22-24-37-35-18-8-7-16-33(35)34-17-9-10-19-36(34)39(37)26-31/h1-28H/i25D. The van der Waals surface area contributed by atoms with Crippen LogP contribution in [0, 0.1) is 0 Å². The average molecular weight is 626 g/mol. The first-order valence-corrected chi connectivity index (χ1v) is 16.5. The molecular formula is C46H28N2O. The van der Waals surface area contributed by atoms with Crippen LogP contribution in [0.1, 0.15) is 1.37 Å². The van der Waals surface area contributed by atoms with E-state index in [4.69, 9.17) is 15.8 Å². The average Bonchev–Trinajstić information content (AvgIpc) is 3.58. The van der Waals surface area contributed by atoms with Crippen LogP contribution < -0.4 is 0 Å². The number of rotatable bonds is 4. The largest absolute Gasteiger partial charge is 0.456 e. The molecule has 0 saturated heterocycles. The van der Waals surface area contributed by atoms with Gasteiger partial charge in [-0.15, -0.1) is 0 Å². The molecule has 0 spiro atoms. The molecule has 0 amide bonds. The third-order valence-electron chi connectivity index (χ3n) is 9.59. The summed E-state index contributed by atoms with van der Waals surface area (Å²) in [4.78, 5) is 10.1. The van der Waals surface area contributed by atoms with Crippen LogP contribution in [0.25, 0.3) is 99.3 Å². The molecule has 49 heavy (non-hydrogen) atoms. The molecule has 0 unspecified atom stereocenters. The van der Waals surface area contributed by atoms with E-state index in [2.05, 4.69) is 97.1 Å². The lowest BCUT2D eigenvalue weighted by atomic mass is 9.92. The van der Waals surface area contributed by atoms with E-state index in [-0.39, 0.29) is 0 Å². The van der Waals surface area contributed by atoms with E-state index in [1.165, 1.54) is 32.3 Å². The van der Waals surface area contributed by atoms with Gasteiger partial charge in [-0.3, -0.25) is 0 Å². The minimum absolute atomic E-state index is 0.348. The molecule has 8 aromatic carbocycles. The van der Waals surface area contributed by atoms with Gasteiger partial charge < -0.3 is 4.42 Å². The molecule has 2 aromatic heterocycles. The SMILES string of the molecule is [2H]c1cc(-c2ccc3c4ccccc4c4ccccc4c3c2)cc2c1oc1cccc(-c3cc(-c4ccccc4)nc(-c4ccccc4)n3)c12. The zero-order chi connectivity index (χ0) is 33.2. The zero-order valence-electron chi connectivity index (χ0n) is 27.4. The van der Waals surface area contributed by atoms with Crippen LogP contribution in [0.4, 0.5) is 0 Å². The van der Waals surface area contributed by atoms with E-state index in [0.717, 1.165) is 55.6 Å². The number of fused-ring (bicyclic) bond motifs is 9. The van der Waals surface area contributed by atoms with Gasteiger partial charge in [0.25, 0.3) is 0 Å². The molecule has 0 aliphatic rings. The van der Waals surface area contributed by atoms with Gasteiger partial charge in [-0.2, -0.15) is 0 Å². The van der Waals surface area contributed by atoms with Crippen LogP contribution in [-0.2, 0) is 0 Å². The van der Waals surface area contributed by atoms with Gasteiger partial charge >= 0.3 is 0 Å². The monoisotopic (exact) mass is 625 g/mol. The second-order valence-electron chi connectivity index (χ2n) is 12.5. The van der Waals surface area contributed by atoms with Crippen LogP contribution in [0.2, 0.25) is 0 Å². The smallest absolute Gasteiger partial charge is 0.160 e. The summed E-state index contributed by atoms with van der Waals surface area (Å²) >= 11 is 0. The first kappa shape index (κ1) is 26.5. The quantitative estimate of drug-likeness (QED) is 0.183. The Kier molecular flexibility index (Phi) is 5.95. The Labute approximate surface area is 284 Å². The highest BCUT2D eigenvalue weighted by Gasteiger charge is 2.18. The summed E-state index contributed by atoms with van der Waals surface area (Å²) in [5, 5.41) is 9.20. The Hall–Kier alpha value is -6.58. The molecule has 0 radical (unpaired) electrons. The lowest BCUT2D eigenvalue weighted by Crippen LogP contribution is -1.96. The minimum Gasteiger partial charge on any atom is -0.456 e. The van der Waals surface area contributed by atoms with Crippen LogP contribution >= 0.6 is 0 Å². The second kappa shape index (κ2) is 11.0. The summed E-state index contributed by atoms with van der Waals surface area (Å²) in [6, 6.07) is 56.8. The van der Waals surface area contributed by atoms with Gasteiger partial charge in [0.2, 0.25) is 0 Å². The van der Waals surface area contributed by atoms with Gasteiger partial charge in [-0.25, -0.2) is 9.97 Å². The molecule has 0 fully saturated rings. The van der Waals surface area contributed by atoms with Gasteiger partial charge in [0.15, 0.2) is 5.82 Å². The molecule has 10 rings (SSSR count). The predicted octanol–water partition coefficient (Wildman–Crippen LogP) is 12.5. The number of benzene rings is 8. The van der Waals surface area contributed by atoms with Gasteiger partial charge in [0.05, 0.1) is 12.8 Å². The first-order chi connectivity index (χ1) is 24.7.